The molecule has 1 heterocycles. The van der Waals surface area contributed by atoms with Crippen molar-refractivity contribution in [1.82, 2.24) is 4.98 Å². The summed E-state index contributed by atoms with van der Waals surface area (Å²) in [5.74, 6) is 0. The first-order chi connectivity index (χ1) is 6.16. The third-order valence-corrected chi connectivity index (χ3v) is 2.51. The molecule has 0 aliphatic carbocycles. The third-order valence-electron chi connectivity index (χ3n) is 1.88. The molecule has 0 unspecified atom stereocenters. The Labute approximate surface area is 86.4 Å². The van der Waals surface area contributed by atoms with E-state index in [2.05, 4.69) is 20.9 Å². The Hall–Kier alpha value is -0.450. The Balaban J connectivity index is 2.98. The van der Waals surface area contributed by atoms with Crippen LogP contribution in [0.3, 0.4) is 0 Å². The van der Waals surface area contributed by atoms with E-state index in [0.29, 0.717) is 6.61 Å². The van der Waals surface area contributed by atoms with Crippen molar-refractivity contribution >= 4 is 15.9 Å². The van der Waals surface area contributed by atoms with Gasteiger partial charge in [-0.25, -0.2) is 4.98 Å². The van der Waals surface area contributed by atoms with Crippen molar-refractivity contribution in [3.05, 3.63) is 28.0 Å². The SMILES string of the molecule is COC[C@H](N)c1c(C)ccnc1Br. The van der Waals surface area contributed by atoms with Crippen LogP contribution in [0.4, 0.5) is 0 Å². The highest BCUT2D eigenvalue weighted by molar-refractivity contribution is 9.10. The summed E-state index contributed by atoms with van der Waals surface area (Å²) < 4.78 is 5.80. The molecule has 0 radical (unpaired) electrons. The van der Waals surface area contributed by atoms with Gasteiger partial charge in [-0.05, 0) is 34.5 Å². The van der Waals surface area contributed by atoms with E-state index in [1.54, 1.807) is 13.3 Å². The molecule has 0 aliphatic heterocycles. The van der Waals surface area contributed by atoms with Crippen LogP contribution in [-0.4, -0.2) is 18.7 Å². The molecule has 0 aliphatic rings. The Morgan fingerprint density at radius 1 is 1.69 bits per heavy atom. The number of hydrogen-bond donors (Lipinski definition) is 1. The first-order valence-electron chi connectivity index (χ1n) is 4.02. The maximum atomic E-state index is 5.91. The van der Waals surface area contributed by atoms with Gasteiger partial charge < -0.3 is 10.5 Å². The first kappa shape index (κ1) is 10.6. The van der Waals surface area contributed by atoms with Gasteiger partial charge in [-0.1, -0.05) is 0 Å². The molecular formula is C9H13BrN2O. The molecule has 0 saturated heterocycles. The number of pyridine rings is 1. The molecule has 1 aromatic rings. The predicted octanol–water partition coefficient (Wildman–Crippen LogP) is 1.80. The molecule has 1 aromatic heterocycles. The highest BCUT2D eigenvalue weighted by Crippen LogP contribution is 2.23. The molecule has 72 valence electrons. The van der Waals surface area contributed by atoms with Crippen molar-refractivity contribution in [3.63, 3.8) is 0 Å². The molecule has 13 heavy (non-hydrogen) atoms. The molecule has 0 saturated carbocycles. The lowest BCUT2D eigenvalue weighted by Gasteiger charge is -2.14. The number of aryl methyl sites for hydroxylation is 1. The number of methoxy groups -OCH3 is 1. The van der Waals surface area contributed by atoms with Crippen LogP contribution in [0.2, 0.25) is 0 Å². The van der Waals surface area contributed by atoms with Crippen LogP contribution in [0.25, 0.3) is 0 Å². The minimum Gasteiger partial charge on any atom is -0.383 e. The van der Waals surface area contributed by atoms with E-state index in [9.17, 15) is 0 Å². The Kier molecular flexibility index (Phi) is 3.84. The largest absolute Gasteiger partial charge is 0.383 e. The summed E-state index contributed by atoms with van der Waals surface area (Å²) >= 11 is 3.37. The van der Waals surface area contributed by atoms with Crippen LogP contribution in [0.1, 0.15) is 17.2 Å². The molecule has 4 heteroatoms. The Morgan fingerprint density at radius 3 is 2.92 bits per heavy atom. The average molecular weight is 245 g/mol. The van der Waals surface area contributed by atoms with E-state index in [0.717, 1.165) is 15.7 Å². The standard InChI is InChI=1S/C9H13BrN2O/c1-6-3-4-12-9(10)8(6)7(11)5-13-2/h3-4,7H,5,11H2,1-2H3/t7-/m0/s1. The summed E-state index contributed by atoms with van der Waals surface area (Å²) in [5, 5.41) is 0. The lowest BCUT2D eigenvalue weighted by Crippen LogP contribution is -2.18. The van der Waals surface area contributed by atoms with Gasteiger partial charge in [-0.15, -0.1) is 0 Å². The number of hydrogen-bond acceptors (Lipinski definition) is 3. The Bertz CT molecular complexity index is 271. The summed E-state index contributed by atoms with van der Waals surface area (Å²) in [6.07, 6.45) is 1.75. The third kappa shape index (κ3) is 2.49. The zero-order valence-electron chi connectivity index (χ0n) is 7.75. The van der Waals surface area contributed by atoms with Gasteiger partial charge in [0.15, 0.2) is 0 Å². The first-order valence-corrected chi connectivity index (χ1v) is 4.81. The van der Waals surface area contributed by atoms with Crippen LogP contribution < -0.4 is 5.73 Å². The van der Waals surface area contributed by atoms with Gasteiger partial charge in [0.2, 0.25) is 0 Å². The Morgan fingerprint density at radius 2 is 2.38 bits per heavy atom. The number of halogens is 1. The van der Waals surface area contributed by atoms with Crippen LogP contribution in [0.15, 0.2) is 16.9 Å². The fourth-order valence-electron chi connectivity index (χ4n) is 1.24. The number of nitrogens with two attached hydrogens (primary N) is 1. The molecular weight excluding hydrogens is 232 g/mol. The molecule has 2 N–H and O–H groups in total. The van der Waals surface area contributed by atoms with Crippen LogP contribution in [0, 0.1) is 6.92 Å². The minimum atomic E-state index is -0.118. The molecule has 1 rings (SSSR count). The predicted molar refractivity (Wildman–Crippen MR) is 55.5 cm³/mol. The molecule has 3 nitrogen and oxygen atoms in total. The fourth-order valence-corrected chi connectivity index (χ4v) is 1.97. The average Bonchev–Trinajstić information content (AvgIpc) is 2.04. The number of nitrogens with zero attached hydrogens (tertiary/aromatic N) is 1. The number of aromatic nitrogens is 1. The van der Waals surface area contributed by atoms with E-state index in [1.807, 2.05) is 13.0 Å². The van der Waals surface area contributed by atoms with Gasteiger partial charge in [0.1, 0.15) is 4.60 Å². The second-order valence-electron chi connectivity index (χ2n) is 2.89. The second kappa shape index (κ2) is 4.69. The second-order valence-corrected chi connectivity index (χ2v) is 3.65. The van der Waals surface area contributed by atoms with Gasteiger partial charge >= 0.3 is 0 Å². The van der Waals surface area contributed by atoms with Crippen LogP contribution in [0.5, 0.6) is 0 Å². The van der Waals surface area contributed by atoms with Gasteiger partial charge in [-0.2, -0.15) is 0 Å². The van der Waals surface area contributed by atoms with E-state index in [-0.39, 0.29) is 6.04 Å². The van der Waals surface area contributed by atoms with Crippen LogP contribution >= 0.6 is 15.9 Å². The normalized spacial score (nSPS) is 12.9. The summed E-state index contributed by atoms with van der Waals surface area (Å²) in [4.78, 5) is 4.12. The molecule has 0 aromatic carbocycles. The molecule has 0 spiro atoms. The smallest absolute Gasteiger partial charge is 0.111 e. The van der Waals surface area contributed by atoms with Crippen molar-refractivity contribution in [2.45, 2.75) is 13.0 Å². The number of ether oxygens (including phenoxy) is 1. The van der Waals surface area contributed by atoms with Crippen molar-refractivity contribution in [1.29, 1.82) is 0 Å². The van der Waals surface area contributed by atoms with Crippen molar-refractivity contribution in [3.8, 4) is 0 Å². The topological polar surface area (TPSA) is 48.1 Å². The lowest BCUT2D eigenvalue weighted by atomic mass is 10.1. The lowest BCUT2D eigenvalue weighted by molar-refractivity contribution is 0.180. The van der Waals surface area contributed by atoms with Crippen LogP contribution in [-0.2, 0) is 4.74 Å². The van der Waals surface area contributed by atoms with Gasteiger partial charge in [-0.3, -0.25) is 0 Å². The molecule has 0 fully saturated rings. The maximum absolute atomic E-state index is 5.91. The highest BCUT2D eigenvalue weighted by Gasteiger charge is 2.12. The molecule has 1 atom stereocenters. The van der Waals surface area contributed by atoms with Gasteiger partial charge in [0.05, 0.1) is 12.6 Å². The minimum absolute atomic E-state index is 0.118. The zero-order valence-corrected chi connectivity index (χ0v) is 9.34. The van der Waals surface area contributed by atoms with Crippen molar-refractivity contribution in [2.75, 3.05) is 13.7 Å². The quantitative estimate of drug-likeness (QED) is 0.826. The summed E-state index contributed by atoms with van der Waals surface area (Å²) in [6, 6.07) is 1.82. The molecule has 0 amide bonds. The van der Waals surface area contributed by atoms with Crippen molar-refractivity contribution < 1.29 is 4.74 Å². The van der Waals surface area contributed by atoms with Gasteiger partial charge in [0, 0.05) is 18.9 Å². The van der Waals surface area contributed by atoms with E-state index < -0.39 is 0 Å². The van der Waals surface area contributed by atoms with E-state index in [4.69, 9.17) is 10.5 Å². The van der Waals surface area contributed by atoms with Crippen molar-refractivity contribution in [2.24, 2.45) is 5.73 Å². The fraction of sp³-hybridized carbons (Fsp3) is 0.444. The maximum Gasteiger partial charge on any atom is 0.111 e. The van der Waals surface area contributed by atoms with E-state index >= 15 is 0 Å². The monoisotopic (exact) mass is 244 g/mol. The van der Waals surface area contributed by atoms with E-state index in [1.165, 1.54) is 0 Å². The molecule has 0 bridgehead atoms. The zero-order chi connectivity index (χ0) is 9.84. The highest BCUT2D eigenvalue weighted by atomic mass is 79.9. The summed E-state index contributed by atoms with van der Waals surface area (Å²) in [6.45, 7) is 2.52. The van der Waals surface area contributed by atoms with Gasteiger partial charge in [0.25, 0.3) is 0 Å². The summed E-state index contributed by atoms with van der Waals surface area (Å²) in [5.41, 5.74) is 8.06. The summed E-state index contributed by atoms with van der Waals surface area (Å²) in [7, 11) is 1.64. The number of rotatable bonds is 3.